The summed E-state index contributed by atoms with van der Waals surface area (Å²) < 4.78 is 0. The lowest BCUT2D eigenvalue weighted by Gasteiger charge is -2.13. The summed E-state index contributed by atoms with van der Waals surface area (Å²) in [6.07, 6.45) is 22.5. The molecule has 2 atom stereocenters. The number of hydrogen-bond acceptors (Lipinski definition) is 4. The van der Waals surface area contributed by atoms with Crippen molar-refractivity contribution >= 4 is 5.78 Å². The molecule has 0 radical (unpaired) electrons. The van der Waals surface area contributed by atoms with E-state index in [1.165, 1.54) is 103 Å². The molecule has 0 aliphatic carbocycles. The van der Waals surface area contributed by atoms with Gasteiger partial charge in [-0.15, -0.1) is 0 Å². The molecule has 4 heteroatoms. The first kappa shape index (κ1) is 28.5. The van der Waals surface area contributed by atoms with Gasteiger partial charge < -0.3 is 15.3 Å². The highest BCUT2D eigenvalue weighted by Gasteiger charge is 2.22. The minimum Gasteiger partial charge on any atom is -0.394 e. The minimum atomic E-state index is -1.43. The highest BCUT2D eigenvalue weighted by atomic mass is 16.4. The first-order valence-corrected chi connectivity index (χ1v) is 12.6. The standard InChI is InChI=1S/C25H50O4/c1-2-3-4-5-6-7-8-9-10-11-12-13-14-15-16-17-18-19-20-21-23(27)25(29)24(28)22-26/h24-26,28-29H,2-22H2,1H3/t24-,25?/m0/s1. The van der Waals surface area contributed by atoms with Crippen LogP contribution in [0.1, 0.15) is 135 Å². The molecule has 1 unspecified atom stereocenters. The van der Waals surface area contributed by atoms with Gasteiger partial charge in [0, 0.05) is 6.42 Å². The third kappa shape index (κ3) is 19.3. The Labute approximate surface area is 180 Å². The number of carbonyl (C=O) groups is 1. The lowest BCUT2D eigenvalue weighted by atomic mass is 10.0. The van der Waals surface area contributed by atoms with E-state index in [9.17, 15) is 15.0 Å². The van der Waals surface area contributed by atoms with Crippen molar-refractivity contribution in [2.45, 2.75) is 148 Å². The molecule has 0 fully saturated rings. The van der Waals surface area contributed by atoms with Crippen LogP contribution in [0.3, 0.4) is 0 Å². The first-order chi connectivity index (χ1) is 14.1. The van der Waals surface area contributed by atoms with Crippen molar-refractivity contribution in [2.24, 2.45) is 0 Å². The van der Waals surface area contributed by atoms with Crippen molar-refractivity contribution in [3.05, 3.63) is 0 Å². The van der Waals surface area contributed by atoms with Crippen LogP contribution in [0.4, 0.5) is 0 Å². The Bertz CT molecular complexity index is 346. The molecule has 0 spiro atoms. The lowest BCUT2D eigenvalue weighted by molar-refractivity contribution is -0.134. The molecule has 29 heavy (non-hydrogen) atoms. The van der Waals surface area contributed by atoms with Gasteiger partial charge in [0.15, 0.2) is 5.78 Å². The zero-order valence-electron chi connectivity index (χ0n) is 19.3. The molecule has 0 amide bonds. The average molecular weight is 415 g/mol. The first-order valence-electron chi connectivity index (χ1n) is 12.6. The summed E-state index contributed by atoms with van der Waals surface area (Å²) in [6.45, 7) is 1.70. The lowest BCUT2D eigenvalue weighted by Crippen LogP contribution is -2.36. The summed E-state index contributed by atoms with van der Waals surface area (Å²) in [5, 5.41) is 27.4. The van der Waals surface area contributed by atoms with Crippen molar-refractivity contribution in [3.63, 3.8) is 0 Å². The predicted molar refractivity (Wildman–Crippen MR) is 122 cm³/mol. The number of carbonyl (C=O) groups excluding carboxylic acids is 1. The van der Waals surface area contributed by atoms with E-state index in [1.54, 1.807) is 0 Å². The van der Waals surface area contributed by atoms with Crippen LogP contribution >= 0.6 is 0 Å². The second-order valence-electron chi connectivity index (χ2n) is 8.78. The highest BCUT2D eigenvalue weighted by Crippen LogP contribution is 2.15. The molecule has 0 aromatic heterocycles. The van der Waals surface area contributed by atoms with Crippen molar-refractivity contribution in [2.75, 3.05) is 6.61 Å². The van der Waals surface area contributed by atoms with Crippen LogP contribution in [0.5, 0.6) is 0 Å². The Balaban J connectivity index is 3.18. The van der Waals surface area contributed by atoms with Crippen LogP contribution in [0, 0.1) is 0 Å². The second-order valence-corrected chi connectivity index (χ2v) is 8.78. The van der Waals surface area contributed by atoms with Gasteiger partial charge >= 0.3 is 0 Å². The molecular formula is C25H50O4. The van der Waals surface area contributed by atoms with Gasteiger partial charge in [-0.05, 0) is 6.42 Å². The van der Waals surface area contributed by atoms with Crippen molar-refractivity contribution in [1.82, 2.24) is 0 Å². The summed E-state index contributed by atoms with van der Waals surface area (Å²) in [5.41, 5.74) is 0. The molecule has 0 bridgehead atoms. The van der Waals surface area contributed by atoms with E-state index in [2.05, 4.69) is 6.92 Å². The topological polar surface area (TPSA) is 77.8 Å². The third-order valence-electron chi connectivity index (χ3n) is 5.91. The van der Waals surface area contributed by atoms with E-state index >= 15 is 0 Å². The van der Waals surface area contributed by atoms with E-state index < -0.39 is 18.8 Å². The smallest absolute Gasteiger partial charge is 0.164 e. The fourth-order valence-electron chi connectivity index (χ4n) is 3.84. The molecule has 174 valence electrons. The largest absolute Gasteiger partial charge is 0.394 e. The summed E-state index contributed by atoms with van der Waals surface area (Å²) in [7, 11) is 0. The normalized spacial score (nSPS) is 13.5. The Kier molecular flexibility index (Phi) is 21.9. The Morgan fingerprint density at radius 3 is 1.21 bits per heavy atom. The van der Waals surface area contributed by atoms with E-state index in [-0.39, 0.29) is 12.2 Å². The molecule has 3 N–H and O–H groups in total. The molecule has 0 heterocycles. The quantitative estimate of drug-likeness (QED) is 0.177. The summed E-state index contributed by atoms with van der Waals surface area (Å²) in [4.78, 5) is 11.6. The van der Waals surface area contributed by atoms with Crippen LogP contribution in [0.2, 0.25) is 0 Å². The number of unbranched alkanes of at least 4 members (excludes halogenated alkanes) is 18. The van der Waals surface area contributed by atoms with E-state index in [0.29, 0.717) is 0 Å². The average Bonchev–Trinajstić information content (AvgIpc) is 2.74. The van der Waals surface area contributed by atoms with Crippen LogP contribution in [0.25, 0.3) is 0 Å². The van der Waals surface area contributed by atoms with Crippen LogP contribution in [0.15, 0.2) is 0 Å². The summed E-state index contributed by atoms with van der Waals surface area (Å²) in [5.74, 6) is -0.362. The summed E-state index contributed by atoms with van der Waals surface area (Å²) >= 11 is 0. The van der Waals surface area contributed by atoms with Gasteiger partial charge in [0.1, 0.15) is 12.2 Å². The zero-order chi connectivity index (χ0) is 21.6. The van der Waals surface area contributed by atoms with E-state index in [4.69, 9.17) is 5.11 Å². The maximum Gasteiger partial charge on any atom is 0.164 e. The molecule has 0 saturated heterocycles. The maximum absolute atomic E-state index is 11.6. The molecule has 0 rings (SSSR count). The number of Topliss-reactive ketones (excluding diaryl/α,β-unsaturated/α-hetero) is 1. The molecule has 0 aromatic rings. The Morgan fingerprint density at radius 2 is 0.897 bits per heavy atom. The monoisotopic (exact) mass is 414 g/mol. The fourth-order valence-corrected chi connectivity index (χ4v) is 3.84. The van der Waals surface area contributed by atoms with Gasteiger partial charge in [-0.25, -0.2) is 0 Å². The SMILES string of the molecule is CCCCCCCCCCCCCCCCCCCCCC(=O)C(O)[C@@H](O)CO. The number of hydrogen-bond donors (Lipinski definition) is 3. The molecule has 0 aliphatic rings. The van der Waals surface area contributed by atoms with Gasteiger partial charge in [-0.2, -0.15) is 0 Å². The molecule has 0 saturated carbocycles. The minimum absolute atomic E-state index is 0.289. The molecular weight excluding hydrogens is 364 g/mol. The fraction of sp³-hybridized carbons (Fsp3) is 0.960. The Morgan fingerprint density at radius 1 is 0.586 bits per heavy atom. The second kappa shape index (κ2) is 22.2. The molecule has 0 aliphatic heterocycles. The van der Waals surface area contributed by atoms with Crippen molar-refractivity contribution < 1.29 is 20.1 Å². The van der Waals surface area contributed by atoms with Crippen LogP contribution < -0.4 is 0 Å². The van der Waals surface area contributed by atoms with Gasteiger partial charge in [0.05, 0.1) is 6.61 Å². The van der Waals surface area contributed by atoms with E-state index in [0.717, 1.165) is 19.3 Å². The highest BCUT2D eigenvalue weighted by molar-refractivity contribution is 5.83. The van der Waals surface area contributed by atoms with Crippen molar-refractivity contribution in [3.8, 4) is 0 Å². The van der Waals surface area contributed by atoms with Gasteiger partial charge in [0.25, 0.3) is 0 Å². The third-order valence-corrected chi connectivity index (χ3v) is 5.91. The summed E-state index contributed by atoms with van der Waals surface area (Å²) in [6, 6.07) is 0. The number of ketones is 1. The maximum atomic E-state index is 11.6. The van der Waals surface area contributed by atoms with Crippen LogP contribution in [-0.4, -0.2) is 39.9 Å². The van der Waals surface area contributed by atoms with Crippen LogP contribution in [-0.2, 0) is 4.79 Å². The molecule has 0 aromatic carbocycles. The van der Waals surface area contributed by atoms with E-state index in [1.807, 2.05) is 0 Å². The predicted octanol–water partition coefficient (Wildman–Crippen LogP) is 6.09. The van der Waals surface area contributed by atoms with Crippen molar-refractivity contribution in [1.29, 1.82) is 0 Å². The van der Waals surface area contributed by atoms with Gasteiger partial charge in [-0.3, -0.25) is 4.79 Å². The molecule has 4 nitrogen and oxygen atoms in total. The van der Waals surface area contributed by atoms with Gasteiger partial charge in [-0.1, -0.05) is 122 Å². The van der Waals surface area contributed by atoms with Gasteiger partial charge in [0.2, 0.25) is 0 Å². The number of rotatable bonds is 23. The number of aliphatic hydroxyl groups is 3. The zero-order valence-corrected chi connectivity index (χ0v) is 19.3. The number of aliphatic hydroxyl groups excluding tert-OH is 3. The Hall–Kier alpha value is -0.450.